The number of hydrogen-bond acceptors (Lipinski definition) is 4. The SMILES string of the molecule is Cc1cc(C)c(S(=O)(=O)NCC#CCOc2ccc(C)nc2)c(C)c1. The quantitative estimate of drug-likeness (QED) is 0.835. The van der Waals surface area contributed by atoms with Gasteiger partial charge in [-0.1, -0.05) is 29.5 Å². The Morgan fingerprint density at radius 1 is 1.08 bits per heavy atom. The molecule has 0 saturated heterocycles. The summed E-state index contributed by atoms with van der Waals surface area (Å²) in [4.78, 5) is 4.44. The third-order valence-corrected chi connectivity index (χ3v) is 5.25. The first-order valence-electron chi connectivity index (χ1n) is 7.88. The van der Waals surface area contributed by atoms with Gasteiger partial charge in [0, 0.05) is 5.69 Å². The van der Waals surface area contributed by atoms with Crippen LogP contribution in [0.3, 0.4) is 0 Å². The topological polar surface area (TPSA) is 68.3 Å². The summed E-state index contributed by atoms with van der Waals surface area (Å²) in [5.41, 5.74) is 3.41. The van der Waals surface area contributed by atoms with E-state index in [1.165, 1.54) is 0 Å². The van der Waals surface area contributed by atoms with E-state index >= 15 is 0 Å². The monoisotopic (exact) mass is 358 g/mol. The Bertz CT molecular complexity index is 885. The van der Waals surface area contributed by atoms with Gasteiger partial charge in [-0.25, -0.2) is 8.42 Å². The maximum absolute atomic E-state index is 12.5. The maximum Gasteiger partial charge on any atom is 0.241 e. The predicted molar refractivity (Wildman–Crippen MR) is 98.1 cm³/mol. The van der Waals surface area contributed by atoms with Crippen LogP contribution in [-0.2, 0) is 10.0 Å². The van der Waals surface area contributed by atoms with E-state index in [2.05, 4.69) is 21.5 Å². The van der Waals surface area contributed by atoms with E-state index in [1.807, 2.05) is 38.1 Å². The molecule has 0 saturated carbocycles. The zero-order valence-electron chi connectivity index (χ0n) is 14.9. The predicted octanol–water partition coefficient (Wildman–Crippen LogP) is 2.68. The van der Waals surface area contributed by atoms with Crippen LogP contribution in [0.1, 0.15) is 22.4 Å². The molecule has 2 aromatic rings. The number of ether oxygens (including phenoxy) is 1. The van der Waals surface area contributed by atoms with Crippen LogP contribution in [0.5, 0.6) is 5.75 Å². The van der Waals surface area contributed by atoms with Crippen molar-refractivity contribution in [2.75, 3.05) is 13.2 Å². The summed E-state index contributed by atoms with van der Waals surface area (Å²) in [5, 5.41) is 0. The standard InChI is InChI=1S/C19H22N2O3S/c1-14-11-15(2)19(16(3)12-14)25(22,23)21-9-5-6-10-24-18-8-7-17(4)20-13-18/h7-8,11-13,21H,9-10H2,1-4H3. The molecule has 0 radical (unpaired) electrons. The van der Waals surface area contributed by atoms with Gasteiger partial charge in [-0.2, -0.15) is 4.72 Å². The Labute approximate surface area is 149 Å². The molecule has 1 heterocycles. The Kier molecular flexibility index (Phi) is 6.18. The van der Waals surface area contributed by atoms with E-state index in [0.717, 1.165) is 22.4 Å². The van der Waals surface area contributed by atoms with Gasteiger partial charge in [0.15, 0.2) is 0 Å². The molecule has 0 aliphatic rings. The van der Waals surface area contributed by atoms with Crippen molar-refractivity contribution in [3.05, 3.63) is 52.8 Å². The minimum atomic E-state index is -3.59. The van der Waals surface area contributed by atoms with E-state index in [9.17, 15) is 8.42 Å². The average molecular weight is 358 g/mol. The number of aromatic nitrogens is 1. The van der Waals surface area contributed by atoms with Crippen LogP contribution in [0, 0.1) is 39.5 Å². The number of hydrogen-bond donors (Lipinski definition) is 1. The molecule has 0 amide bonds. The Balaban J connectivity index is 1.92. The summed E-state index contributed by atoms with van der Waals surface area (Å²) < 4.78 is 32.8. The highest BCUT2D eigenvalue weighted by molar-refractivity contribution is 7.89. The molecule has 2 rings (SSSR count). The van der Waals surface area contributed by atoms with Crippen LogP contribution < -0.4 is 9.46 Å². The number of rotatable bonds is 5. The molecule has 25 heavy (non-hydrogen) atoms. The highest BCUT2D eigenvalue weighted by Gasteiger charge is 2.18. The highest BCUT2D eigenvalue weighted by Crippen LogP contribution is 2.21. The first-order chi connectivity index (χ1) is 11.8. The van der Waals surface area contributed by atoms with Gasteiger partial charge in [-0.05, 0) is 51.0 Å². The van der Waals surface area contributed by atoms with Crippen molar-refractivity contribution in [3.8, 4) is 17.6 Å². The Morgan fingerprint density at radius 2 is 1.76 bits per heavy atom. The third kappa shape index (κ3) is 5.31. The van der Waals surface area contributed by atoms with E-state index in [1.54, 1.807) is 20.0 Å². The normalized spacial score (nSPS) is 10.9. The van der Waals surface area contributed by atoms with Gasteiger partial charge >= 0.3 is 0 Å². The van der Waals surface area contributed by atoms with Crippen molar-refractivity contribution in [2.24, 2.45) is 0 Å². The fourth-order valence-electron chi connectivity index (χ4n) is 2.57. The summed E-state index contributed by atoms with van der Waals surface area (Å²) in [6, 6.07) is 7.38. The van der Waals surface area contributed by atoms with Crippen LogP contribution in [0.2, 0.25) is 0 Å². The summed E-state index contributed by atoms with van der Waals surface area (Å²) in [7, 11) is -3.59. The van der Waals surface area contributed by atoms with Crippen LogP contribution in [0.25, 0.3) is 0 Å². The molecule has 0 atom stereocenters. The van der Waals surface area contributed by atoms with Gasteiger partial charge in [-0.3, -0.25) is 4.98 Å². The van der Waals surface area contributed by atoms with Crippen molar-refractivity contribution in [3.63, 3.8) is 0 Å². The molecule has 0 aliphatic carbocycles. The number of nitrogens with one attached hydrogen (secondary N) is 1. The Morgan fingerprint density at radius 3 is 2.36 bits per heavy atom. The third-order valence-electron chi connectivity index (χ3n) is 3.54. The van der Waals surface area contributed by atoms with Crippen LogP contribution in [-0.4, -0.2) is 26.6 Å². The molecule has 0 spiro atoms. The number of benzene rings is 1. The average Bonchev–Trinajstić information content (AvgIpc) is 2.51. The molecular formula is C19H22N2O3S. The van der Waals surface area contributed by atoms with Gasteiger partial charge in [0.2, 0.25) is 10.0 Å². The van der Waals surface area contributed by atoms with E-state index in [-0.39, 0.29) is 13.2 Å². The molecule has 1 aromatic carbocycles. The lowest BCUT2D eigenvalue weighted by Gasteiger charge is -2.11. The zero-order valence-corrected chi connectivity index (χ0v) is 15.7. The summed E-state index contributed by atoms with van der Waals surface area (Å²) in [6.45, 7) is 7.64. The largest absolute Gasteiger partial charge is 0.479 e. The van der Waals surface area contributed by atoms with E-state index < -0.39 is 10.0 Å². The summed E-state index contributed by atoms with van der Waals surface area (Å²) in [5.74, 6) is 6.17. The molecule has 0 aliphatic heterocycles. The second kappa shape index (κ2) is 8.15. The van der Waals surface area contributed by atoms with Gasteiger partial charge in [0.05, 0.1) is 17.6 Å². The molecule has 132 valence electrons. The minimum Gasteiger partial charge on any atom is -0.479 e. The molecule has 1 aromatic heterocycles. The number of sulfonamides is 1. The molecule has 1 N–H and O–H groups in total. The van der Waals surface area contributed by atoms with E-state index in [0.29, 0.717) is 10.6 Å². The molecule has 0 fully saturated rings. The van der Waals surface area contributed by atoms with Crippen LogP contribution in [0.4, 0.5) is 0 Å². The second-order valence-corrected chi connectivity index (χ2v) is 7.53. The van der Waals surface area contributed by atoms with E-state index in [4.69, 9.17) is 4.74 Å². The maximum atomic E-state index is 12.5. The lowest BCUT2D eigenvalue weighted by atomic mass is 10.1. The van der Waals surface area contributed by atoms with Gasteiger partial charge in [-0.15, -0.1) is 0 Å². The highest BCUT2D eigenvalue weighted by atomic mass is 32.2. The molecule has 6 heteroatoms. The first-order valence-corrected chi connectivity index (χ1v) is 9.36. The van der Waals surface area contributed by atoms with Gasteiger partial charge in [0.25, 0.3) is 0 Å². The summed E-state index contributed by atoms with van der Waals surface area (Å²) in [6.07, 6.45) is 1.63. The van der Waals surface area contributed by atoms with Gasteiger partial charge < -0.3 is 4.74 Å². The molecule has 0 bridgehead atoms. The first kappa shape index (κ1) is 19.0. The van der Waals surface area contributed by atoms with Crippen molar-refractivity contribution >= 4 is 10.0 Å². The fourth-order valence-corrected chi connectivity index (χ4v) is 3.94. The lowest BCUT2D eigenvalue weighted by Crippen LogP contribution is -2.25. The molecule has 5 nitrogen and oxygen atoms in total. The number of nitrogens with zero attached hydrogens (tertiary/aromatic N) is 1. The van der Waals surface area contributed by atoms with Crippen molar-refractivity contribution in [2.45, 2.75) is 32.6 Å². The smallest absolute Gasteiger partial charge is 0.241 e. The second-order valence-electron chi connectivity index (χ2n) is 5.83. The van der Waals surface area contributed by atoms with Crippen LogP contribution >= 0.6 is 0 Å². The molecule has 0 unspecified atom stereocenters. The number of aryl methyl sites for hydroxylation is 4. The number of pyridine rings is 1. The minimum absolute atomic E-state index is 0.0323. The summed E-state index contributed by atoms with van der Waals surface area (Å²) >= 11 is 0. The van der Waals surface area contributed by atoms with Crippen molar-refractivity contribution < 1.29 is 13.2 Å². The molecular weight excluding hydrogens is 336 g/mol. The van der Waals surface area contributed by atoms with Gasteiger partial charge in [0.1, 0.15) is 12.4 Å². The van der Waals surface area contributed by atoms with Crippen molar-refractivity contribution in [1.29, 1.82) is 0 Å². The van der Waals surface area contributed by atoms with Crippen molar-refractivity contribution in [1.82, 2.24) is 9.71 Å². The van der Waals surface area contributed by atoms with Crippen LogP contribution in [0.15, 0.2) is 35.4 Å². The Hall–Kier alpha value is -2.36. The lowest BCUT2D eigenvalue weighted by molar-refractivity contribution is 0.368. The zero-order chi connectivity index (χ0) is 18.4. The fraction of sp³-hybridized carbons (Fsp3) is 0.316.